The van der Waals surface area contributed by atoms with Gasteiger partial charge >= 0.3 is 0 Å². The number of hydrogen-bond donors (Lipinski definition) is 1. The smallest absolute Gasteiger partial charge is 0.192 e. The minimum absolute atomic E-state index is 0.118. The second-order valence-electron chi connectivity index (χ2n) is 6.79. The van der Waals surface area contributed by atoms with Crippen LogP contribution < -0.4 is 5.32 Å². The molecule has 1 aromatic carbocycles. The minimum Gasteiger partial charge on any atom is -0.408 e. The molecule has 3 heteroatoms. The van der Waals surface area contributed by atoms with Crippen molar-refractivity contribution in [1.82, 2.24) is 5.32 Å². The summed E-state index contributed by atoms with van der Waals surface area (Å²) in [5.41, 5.74) is 1.26. The molecule has 1 N–H and O–H groups in total. The Balaban J connectivity index is 3.01. The van der Waals surface area contributed by atoms with Gasteiger partial charge in [0.15, 0.2) is 8.32 Å². The molecule has 0 aliphatic carbocycles. The van der Waals surface area contributed by atoms with Crippen molar-refractivity contribution in [2.45, 2.75) is 58.0 Å². The minimum atomic E-state index is -1.77. The highest BCUT2D eigenvalue weighted by atomic mass is 28.4. The van der Waals surface area contributed by atoms with Gasteiger partial charge in [0.25, 0.3) is 0 Å². The molecular formula is C16H29NOSi. The van der Waals surface area contributed by atoms with Crippen LogP contribution >= 0.6 is 0 Å². The summed E-state index contributed by atoms with van der Waals surface area (Å²) < 4.78 is 6.62. The highest BCUT2D eigenvalue weighted by molar-refractivity contribution is 6.74. The SMILES string of the molecule is CN[C@@H](C)[C@H](O[Si](C)(C)C(C)(C)C)c1ccccc1. The Bertz CT molecular complexity index is 383. The predicted octanol–water partition coefficient (Wildman–Crippen LogP) is 4.36. The molecule has 0 amide bonds. The van der Waals surface area contributed by atoms with Gasteiger partial charge in [0.05, 0.1) is 6.10 Å². The lowest BCUT2D eigenvalue weighted by Crippen LogP contribution is -2.45. The van der Waals surface area contributed by atoms with Gasteiger partial charge < -0.3 is 9.74 Å². The van der Waals surface area contributed by atoms with Crippen molar-refractivity contribution < 1.29 is 4.43 Å². The lowest BCUT2D eigenvalue weighted by atomic mass is 10.0. The van der Waals surface area contributed by atoms with Crippen LogP contribution in [0.15, 0.2) is 30.3 Å². The molecular weight excluding hydrogens is 250 g/mol. The van der Waals surface area contributed by atoms with Gasteiger partial charge in [-0.3, -0.25) is 0 Å². The Labute approximate surface area is 119 Å². The third-order valence-electron chi connectivity index (χ3n) is 4.27. The summed E-state index contributed by atoms with van der Waals surface area (Å²) >= 11 is 0. The molecule has 0 aliphatic heterocycles. The van der Waals surface area contributed by atoms with Gasteiger partial charge in [-0.1, -0.05) is 51.1 Å². The lowest BCUT2D eigenvalue weighted by Gasteiger charge is -2.41. The number of nitrogens with one attached hydrogen (secondary N) is 1. The first kappa shape index (κ1) is 16.4. The van der Waals surface area contributed by atoms with Crippen LogP contribution in [0.25, 0.3) is 0 Å². The summed E-state index contributed by atoms with van der Waals surface area (Å²) in [7, 11) is 0.226. The molecule has 19 heavy (non-hydrogen) atoms. The third kappa shape index (κ3) is 4.16. The van der Waals surface area contributed by atoms with Crippen LogP contribution in [0.5, 0.6) is 0 Å². The maximum absolute atomic E-state index is 6.62. The fourth-order valence-electron chi connectivity index (χ4n) is 1.75. The maximum atomic E-state index is 6.62. The average molecular weight is 279 g/mol. The molecule has 0 aliphatic rings. The molecule has 0 spiro atoms. The van der Waals surface area contributed by atoms with Crippen molar-refractivity contribution in [2.24, 2.45) is 0 Å². The van der Waals surface area contributed by atoms with Crippen LogP contribution in [0.3, 0.4) is 0 Å². The van der Waals surface area contributed by atoms with Crippen molar-refractivity contribution in [1.29, 1.82) is 0 Å². The van der Waals surface area contributed by atoms with Gasteiger partial charge in [0.2, 0.25) is 0 Å². The van der Waals surface area contributed by atoms with Gasteiger partial charge in [0.1, 0.15) is 0 Å². The van der Waals surface area contributed by atoms with E-state index in [4.69, 9.17) is 4.43 Å². The number of likely N-dealkylation sites (N-methyl/N-ethyl adjacent to an activating group) is 1. The van der Waals surface area contributed by atoms with Crippen LogP contribution in [-0.2, 0) is 4.43 Å². The number of rotatable bonds is 5. The van der Waals surface area contributed by atoms with E-state index in [1.54, 1.807) is 0 Å². The standard InChI is InChI=1S/C16H29NOSi/c1-13(17-5)15(14-11-9-8-10-12-14)18-19(6,7)16(2,3)4/h8-13,15,17H,1-7H3/t13-,15-/m0/s1. The molecule has 0 bridgehead atoms. The van der Waals surface area contributed by atoms with Crippen molar-refractivity contribution in [3.05, 3.63) is 35.9 Å². The highest BCUT2D eigenvalue weighted by Crippen LogP contribution is 2.40. The zero-order valence-electron chi connectivity index (χ0n) is 13.4. The molecule has 108 valence electrons. The molecule has 0 saturated carbocycles. The highest BCUT2D eigenvalue weighted by Gasteiger charge is 2.40. The zero-order chi connectivity index (χ0) is 14.7. The van der Waals surface area contributed by atoms with E-state index in [1.807, 2.05) is 7.05 Å². The van der Waals surface area contributed by atoms with E-state index in [2.05, 4.69) is 76.4 Å². The van der Waals surface area contributed by atoms with Crippen molar-refractivity contribution in [2.75, 3.05) is 7.05 Å². The van der Waals surface area contributed by atoms with Crippen LogP contribution in [0, 0.1) is 0 Å². The van der Waals surface area contributed by atoms with Crippen molar-refractivity contribution in [3.63, 3.8) is 0 Å². The summed E-state index contributed by atoms with van der Waals surface area (Å²) in [6.07, 6.45) is 0.118. The van der Waals surface area contributed by atoms with E-state index < -0.39 is 8.32 Å². The first-order valence-corrected chi connectivity index (χ1v) is 10.00. The van der Waals surface area contributed by atoms with Crippen LogP contribution in [0.4, 0.5) is 0 Å². The molecule has 0 heterocycles. The summed E-state index contributed by atoms with van der Waals surface area (Å²) in [5.74, 6) is 0. The van der Waals surface area contributed by atoms with E-state index in [0.29, 0.717) is 6.04 Å². The maximum Gasteiger partial charge on any atom is 0.192 e. The average Bonchev–Trinajstić information content (AvgIpc) is 2.35. The molecule has 0 unspecified atom stereocenters. The quantitative estimate of drug-likeness (QED) is 0.809. The summed E-state index contributed by atoms with van der Waals surface area (Å²) in [5, 5.41) is 3.56. The molecule has 1 rings (SSSR count). The van der Waals surface area contributed by atoms with E-state index in [0.717, 1.165) is 0 Å². The lowest BCUT2D eigenvalue weighted by molar-refractivity contribution is 0.147. The summed E-state index contributed by atoms with van der Waals surface area (Å²) in [6.45, 7) is 13.7. The molecule has 0 radical (unpaired) electrons. The van der Waals surface area contributed by atoms with E-state index >= 15 is 0 Å². The first-order valence-electron chi connectivity index (χ1n) is 7.09. The van der Waals surface area contributed by atoms with Gasteiger partial charge in [-0.2, -0.15) is 0 Å². The predicted molar refractivity (Wildman–Crippen MR) is 86.0 cm³/mol. The second-order valence-corrected chi connectivity index (χ2v) is 11.5. The van der Waals surface area contributed by atoms with Crippen molar-refractivity contribution in [3.8, 4) is 0 Å². The molecule has 0 fully saturated rings. The van der Waals surface area contributed by atoms with Crippen molar-refractivity contribution >= 4 is 8.32 Å². The van der Waals surface area contributed by atoms with Gasteiger partial charge in [-0.15, -0.1) is 0 Å². The Morgan fingerprint density at radius 2 is 1.63 bits per heavy atom. The summed E-state index contributed by atoms with van der Waals surface area (Å²) in [6, 6.07) is 10.8. The number of benzene rings is 1. The first-order chi connectivity index (χ1) is 8.69. The molecule has 2 atom stereocenters. The normalized spacial score (nSPS) is 16.2. The Kier molecular flexibility index (Phi) is 5.36. The van der Waals surface area contributed by atoms with Gasteiger partial charge in [0, 0.05) is 6.04 Å². The Morgan fingerprint density at radius 3 is 2.05 bits per heavy atom. The molecule has 1 aromatic rings. The monoisotopic (exact) mass is 279 g/mol. The topological polar surface area (TPSA) is 21.3 Å². The fraction of sp³-hybridized carbons (Fsp3) is 0.625. The Hall–Kier alpha value is -0.643. The molecule has 2 nitrogen and oxygen atoms in total. The van der Waals surface area contributed by atoms with E-state index in [1.165, 1.54) is 5.56 Å². The van der Waals surface area contributed by atoms with Gasteiger partial charge in [-0.05, 0) is 37.7 Å². The van der Waals surface area contributed by atoms with Gasteiger partial charge in [-0.25, -0.2) is 0 Å². The number of hydrogen-bond acceptors (Lipinski definition) is 2. The second kappa shape index (κ2) is 6.20. The molecule has 0 aromatic heterocycles. The Morgan fingerprint density at radius 1 is 1.11 bits per heavy atom. The third-order valence-corrected chi connectivity index (χ3v) is 8.72. The molecule has 0 saturated heterocycles. The fourth-order valence-corrected chi connectivity index (χ4v) is 3.08. The van der Waals surface area contributed by atoms with E-state index in [-0.39, 0.29) is 11.1 Å². The van der Waals surface area contributed by atoms with Crippen LogP contribution in [0.1, 0.15) is 39.4 Å². The van der Waals surface area contributed by atoms with E-state index in [9.17, 15) is 0 Å². The van der Waals surface area contributed by atoms with Crippen LogP contribution in [-0.4, -0.2) is 21.4 Å². The zero-order valence-corrected chi connectivity index (χ0v) is 14.4. The largest absolute Gasteiger partial charge is 0.408 e. The van der Waals surface area contributed by atoms with Crippen LogP contribution in [0.2, 0.25) is 18.1 Å². The summed E-state index contributed by atoms with van der Waals surface area (Å²) in [4.78, 5) is 0.